The van der Waals surface area contributed by atoms with E-state index in [-0.39, 0.29) is 5.41 Å². The molecule has 54 heavy (non-hydrogen) atoms. The normalized spacial score (nSPS) is 13.4. The highest BCUT2D eigenvalue weighted by Crippen LogP contribution is 2.50. The summed E-state index contributed by atoms with van der Waals surface area (Å²) >= 11 is 1.86. The Hall–Kier alpha value is -6.22. The van der Waals surface area contributed by atoms with Gasteiger partial charge in [-0.05, 0) is 117 Å². The molecule has 9 rings (SSSR count). The topological polar surface area (TPSA) is 3.24 Å². The Morgan fingerprint density at radius 3 is 1.83 bits per heavy atom. The summed E-state index contributed by atoms with van der Waals surface area (Å²) in [6.45, 7) is 10.6. The fourth-order valence-corrected chi connectivity index (χ4v) is 9.18. The van der Waals surface area contributed by atoms with Crippen molar-refractivity contribution in [3.05, 3.63) is 205 Å². The second kappa shape index (κ2) is 13.6. The molecule has 0 saturated carbocycles. The average molecular weight is 712 g/mol. The van der Waals surface area contributed by atoms with Crippen molar-refractivity contribution in [2.24, 2.45) is 0 Å². The Morgan fingerprint density at radius 1 is 0.537 bits per heavy atom. The van der Waals surface area contributed by atoms with Gasteiger partial charge in [0.1, 0.15) is 0 Å². The van der Waals surface area contributed by atoms with E-state index in [0.717, 1.165) is 17.1 Å². The first-order valence-electron chi connectivity index (χ1n) is 18.6. The lowest BCUT2D eigenvalue weighted by atomic mass is 9.82. The van der Waals surface area contributed by atoms with Gasteiger partial charge in [-0.15, -0.1) is 11.3 Å². The van der Waals surface area contributed by atoms with Crippen molar-refractivity contribution in [3.8, 4) is 33.4 Å². The standard InChI is InChI=1S/C52H41NS/c1-5-6-7-12-35(2)36-17-19-37(20-18-36)38-21-26-41(27-22-38)53(43-30-31-45-44-13-8-10-15-48(44)52(3,4)49(45)34-43)42-28-23-39(24-29-42)40-25-32-51-47(33-40)46-14-9-11-16-50(46)54-51/h5-34H,1H2,2-4H3/b7-6-,35-12+. The van der Waals surface area contributed by atoms with Crippen molar-refractivity contribution >= 4 is 54.1 Å². The van der Waals surface area contributed by atoms with Gasteiger partial charge in [0.05, 0.1) is 0 Å². The summed E-state index contributed by atoms with van der Waals surface area (Å²) in [6.07, 6.45) is 7.90. The van der Waals surface area contributed by atoms with E-state index in [1.807, 2.05) is 23.5 Å². The molecular weight excluding hydrogens is 671 g/mol. The predicted octanol–water partition coefficient (Wildman–Crippen LogP) is 15.3. The Labute approximate surface area is 322 Å². The van der Waals surface area contributed by atoms with Gasteiger partial charge in [-0.25, -0.2) is 0 Å². The Kier molecular flexibility index (Phi) is 8.49. The number of fused-ring (bicyclic) bond motifs is 6. The summed E-state index contributed by atoms with van der Waals surface area (Å²) in [5.41, 5.74) is 16.0. The second-order valence-electron chi connectivity index (χ2n) is 14.7. The fourth-order valence-electron chi connectivity index (χ4n) is 8.09. The molecule has 0 aliphatic heterocycles. The summed E-state index contributed by atoms with van der Waals surface area (Å²) in [5, 5.41) is 2.65. The van der Waals surface area contributed by atoms with Crippen molar-refractivity contribution in [2.75, 3.05) is 4.90 Å². The summed E-state index contributed by atoms with van der Waals surface area (Å²) in [6, 6.07) is 58.4. The first-order valence-corrected chi connectivity index (χ1v) is 19.4. The van der Waals surface area contributed by atoms with Crippen molar-refractivity contribution < 1.29 is 0 Å². The number of benzene rings is 7. The molecule has 7 aromatic carbocycles. The smallest absolute Gasteiger partial charge is 0.0465 e. The van der Waals surface area contributed by atoms with Crippen molar-refractivity contribution in [3.63, 3.8) is 0 Å². The van der Waals surface area contributed by atoms with Gasteiger partial charge >= 0.3 is 0 Å². The number of nitrogens with zero attached hydrogens (tertiary/aromatic N) is 1. The van der Waals surface area contributed by atoms with Crippen LogP contribution in [-0.2, 0) is 5.41 Å². The van der Waals surface area contributed by atoms with Crippen LogP contribution in [0.25, 0.3) is 59.1 Å². The van der Waals surface area contributed by atoms with Gasteiger partial charge in [-0.3, -0.25) is 0 Å². The molecule has 8 aromatic rings. The van der Waals surface area contributed by atoms with Crippen LogP contribution in [-0.4, -0.2) is 0 Å². The minimum Gasteiger partial charge on any atom is -0.310 e. The monoisotopic (exact) mass is 711 g/mol. The molecule has 0 spiro atoms. The van der Waals surface area contributed by atoms with Crippen LogP contribution in [0.2, 0.25) is 0 Å². The quantitative estimate of drug-likeness (QED) is 0.142. The molecule has 0 unspecified atom stereocenters. The third kappa shape index (κ3) is 5.90. The molecule has 1 aromatic heterocycles. The number of allylic oxidation sites excluding steroid dienone is 5. The van der Waals surface area contributed by atoms with Crippen molar-refractivity contribution in [1.29, 1.82) is 0 Å². The minimum atomic E-state index is -0.0898. The SMILES string of the molecule is C=C/C=C\C=C(/C)c1ccc(-c2ccc(N(c3ccc(-c4ccc5sc6ccccc6c5c4)cc3)c3ccc4c(c3)C(C)(C)c3ccccc3-4)cc2)cc1. The highest BCUT2D eigenvalue weighted by molar-refractivity contribution is 7.25. The Bertz CT molecular complexity index is 2740. The van der Waals surface area contributed by atoms with Crippen LogP contribution in [0.15, 0.2) is 189 Å². The zero-order valence-electron chi connectivity index (χ0n) is 30.9. The number of anilines is 3. The maximum absolute atomic E-state index is 3.76. The molecule has 2 heteroatoms. The first kappa shape index (κ1) is 33.6. The number of hydrogen-bond acceptors (Lipinski definition) is 2. The van der Waals surface area contributed by atoms with Crippen LogP contribution in [0.3, 0.4) is 0 Å². The van der Waals surface area contributed by atoms with Gasteiger partial charge in [-0.1, -0.05) is 148 Å². The van der Waals surface area contributed by atoms with E-state index in [1.165, 1.54) is 75.8 Å². The highest BCUT2D eigenvalue weighted by atomic mass is 32.1. The third-order valence-electron chi connectivity index (χ3n) is 11.1. The molecule has 0 saturated heterocycles. The number of rotatable bonds is 8. The molecule has 1 aliphatic rings. The molecule has 1 nitrogen and oxygen atoms in total. The van der Waals surface area contributed by atoms with Crippen molar-refractivity contribution in [1.82, 2.24) is 0 Å². The van der Waals surface area contributed by atoms with E-state index >= 15 is 0 Å². The summed E-state index contributed by atoms with van der Waals surface area (Å²) in [5.74, 6) is 0. The van der Waals surface area contributed by atoms with Crippen LogP contribution in [0.5, 0.6) is 0 Å². The lowest BCUT2D eigenvalue weighted by Gasteiger charge is -2.28. The van der Waals surface area contributed by atoms with Crippen LogP contribution in [0, 0.1) is 0 Å². The average Bonchev–Trinajstić information content (AvgIpc) is 3.70. The molecule has 1 heterocycles. The molecule has 0 fully saturated rings. The lowest BCUT2D eigenvalue weighted by Crippen LogP contribution is -2.16. The van der Waals surface area contributed by atoms with E-state index in [1.54, 1.807) is 6.08 Å². The fraction of sp³-hybridized carbons (Fsp3) is 0.0769. The van der Waals surface area contributed by atoms with Gasteiger partial charge in [-0.2, -0.15) is 0 Å². The second-order valence-corrected chi connectivity index (χ2v) is 15.8. The summed E-state index contributed by atoms with van der Waals surface area (Å²) < 4.78 is 2.66. The molecule has 0 N–H and O–H groups in total. The zero-order valence-corrected chi connectivity index (χ0v) is 31.7. The van der Waals surface area contributed by atoms with Gasteiger partial charge in [0.2, 0.25) is 0 Å². The van der Waals surface area contributed by atoms with Gasteiger partial charge in [0.25, 0.3) is 0 Å². The molecule has 1 aliphatic carbocycles. The van der Waals surface area contributed by atoms with Crippen LogP contribution in [0.4, 0.5) is 17.1 Å². The molecular formula is C52H41NS. The highest BCUT2D eigenvalue weighted by Gasteiger charge is 2.35. The predicted molar refractivity (Wildman–Crippen MR) is 235 cm³/mol. The lowest BCUT2D eigenvalue weighted by molar-refractivity contribution is 0.660. The van der Waals surface area contributed by atoms with Gasteiger partial charge in [0.15, 0.2) is 0 Å². The molecule has 0 amide bonds. The van der Waals surface area contributed by atoms with Crippen LogP contribution in [0.1, 0.15) is 37.5 Å². The van der Waals surface area contributed by atoms with Crippen LogP contribution < -0.4 is 4.90 Å². The van der Waals surface area contributed by atoms with E-state index in [4.69, 9.17) is 0 Å². The van der Waals surface area contributed by atoms with Gasteiger partial charge < -0.3 is 4.90 Å². The Balaban J connectivity index is 1.09. The van der Waals surface area contributed by atoms with Crippen LogP contribution >= 0.6 is 11.3 Å². The van der Waals surface area contributed by atoms with Gasteiger partial charge in [0, 0.05) is 42.6 Å². The molecule has 0 radical (unpaired) electrons. The first-order chi connectivity index (χ1) is 26.4. The largest absolute Gasteiger partial charge is 0.310 e. The molecule has 260 valence electrons. The summed E-state index contributed by atoms with van der Waals surface area (Å²) in [4.78, 5) is 2.40. The van der Waals surface area contributed by atoms with E-state index < -0.39 is 0 Å². The van der Waals surface area contributed by atoms with Crippen molar-refractivity contribution in [2.45, 2.75) is 26.2 Å². The molecule has 0 bridgehead atoms. The molecule has 0 atom stereocenters. The Morgan fingerprint density at radius 2 is 1.11 bits per heavy atom. The number of hydrogen-bond donors (Lipinski definition) is 0. The van der Waals surface area contributed by atoms with E-state index in [2.05, 4.69) is 196 Å². The third-order valence-corrected chi connectivity index (χ3v) is 12.2. The zero-order chi connectivity index (χ0) is 36.8. The minimum absolute atomic E-state index is 0.0898. The summed E-state index contributed by atoms with van der Waals surface area (Å²) in [7, 11) is 0. The van der Waals surface area contributed by atoms with E-state index in [9.17, 15) is 0 Å². The maximum atomic E-state index is 3.76. The number of thiophene rings is 1. The van der Waals surface area contributed by atoms with E-state index in [0.29, 0.717) is 0 Å². The maximum Gasteiger partial charge on any atom is 0.0465 e.